The third-order valence-electron chi connectivity index (χ3n) is 3.58. The molecule has 112 valence electrons. The minimum absolute atomic E-state index is 0.0647. The molecule has 0 N–H and O–H groups in total. The van der Waals surface area contributed by atoms with E-state index < -0.39 is 15.8 Å². The fourth-order valence-electron chi connectivity index (χ4n) is 2.27. The summed E-state index contributed by atoms with van der Waals surface area (Å²) >= 11 is 8.87. The molecule has 0 bridgehead atoms. The van der Waals surface area contributed by atoms with E-state index in [1.807, 2.05) is 0 Å². The summed E-state index contributed by atoms with van der Waals surface area (Å²) in [7, 11) is -3.80. The molecular weight excluding hydrogens is 369 g/mol. The van der Waals surface area contributed by atoms with E-state index in [1.165, 1.54) is 16.4 Å². The van der Waals surface area contributed by atoms with Crippen LogP contribution in [0.3, 0.4) is 0 Å². The number of alkyl halides is 1. The van der Waals surface area contributed by atoms with Crippen LogP contribution in [0.1, 0.15) is 25.3 Å². The van der Waals surface area contributed by atoms with Crippen LogP contribution < -0.4 is 0 Å². The summed E-state index contributed by atoms with van der Waals surface area (Å²) in [5.41, 5.74) is 0.185. The Hall–Kier alpha value is -0.170. The molecule has 1 fully saturated rings. The fraction of sp³-hybridized carbons (Fsp3) is 0.538. The molecule has 0 aliphatic carbocycles. The number of hydrogen-bond acceptors (Lipinski definition) is 2. The highest BCUT2D eigenvalue weighted by Crippen LogP contribution is 2.29. The minimum atomic E-state index is -3.80. The largest absolute Gasteiger partial charge is 0.246 e. The van der Waals surface area contributed by atoms with Crippen molar-refractivity contribution in [3.8, 4) is 0 Å². The SMILES string of the molecule is CC1CCN(S(=O)(=O)c2cc(Br)cc(CCl)c2F)CC1. The first-order chi connectivity index (χ1) is 9.36. The second-order valence-corrected chi connectivity index (χ2v) is 8.19. The summed E-state index contributed by atoms with van der Waals surface area (Å²) < 4.78 is 41.3. The molecule has 0 amide bonds. The number of rotatable bonds is 3. The lowest BCUT2D eigenvalue weighted by Crippen LogP contribution is -2.38. The first-order valence-corrected chi connectivity index (χ1v) is 9.17. The van der Waals surface area contributed by atoms with E-state index in [0.717, 1.165) is 12.8 Å². The molecule has 1 aliphatic heterocycles. The van der Waals surface area contributed by atoms with Gasteiger partial charge in [0, 0.05) is 23.1 Å². The van der Waals surface area contributed by atoms with Gasteiger partial charge in [-0.3, -0.25) is 0 Å². The van der Waals surface area contributed by atoms with Gasteiger partial charge in [0.2, 0.25) is 10.0 Å². The van der Waals surface area contributed by atoms with Crippen molar-refractivity contribution in [1.29, 1.82) is 0 Å². The van der Waals surface area contributed by atoms with Crippen LogP contribution in [0.4, 0.5) is 4.39 Å². The third kappa shape index (κ3) is 3.18. The van der Waals surface area contributed by atoms with Gasteiger partial charge >= 0.3 is 0 Å². The van der Waals surface area contributed by atoms with Gasteiger partial charge in [0.15, 0.2) is 0 Å². The molecule has 1 heterocycles. The molecule has 2 rings (SSSR count). The van der Waals surface area contributed by atoms with Crippen molar-refractivity contribution < 1.29 is 12.8 Å². The van der Waals surface area contributed by atoms with E-state index in [-0.39, 0.29) is 16.3 Å². The highest BCUT2D eigenvalue weighted by Gasteiger charge is 2.31. The lowest BCUT2D eigenvalue weighted by molar-refractivity contribution is 0.287. The first kappa shape index (κ1) is 16.2. The minimum Gasteiger partial charge on any atom is -0.207 e. The van der Waals surface area contributed by atoms with Crippen LogP contribution in [0.5, 0.6) is 0 Å². The van der Waals surface area contributed by atoms with E-state index in [4.69, 9.17) is 11.6 Å². The monoisotopic (exact) mass is 383 g/mol. The van der Waals surface area contributed by atoms with Crippen LogP contribution in [0, 0.1) is 11.7 Å². The maximum absolute atomic E-state index is 14.3. The van der Waals surface area contributed by atoms with Crippen molar-refractivity contribution in [2.24, 2.45) is 5.92 Å². The maximum atomic E-state index is 14.3. The molecule has 0 saturated carbocycles. The molecule has 0 aromatic heterocycles. The topological polar surface area (TPSA) is 37.4 Å². The van der Waals surface area contributed by atoms with Crippen LogP contribution in [-0.2, 0) is 15.9 Å². The van der Waals surface area contributed by atoms with Crippen molar-refractivity contribution >= 4 is 37.6 Å². The lowest BCUT2D eigenvalue weighted by Gasteiger charge is -2.29. The van der Waals surface area contributed by atoms with E-state index in [0.29, 0.717) is 23.5 Å². The van der Waals surface area contributed by atoms with Gasteiger partial charge in [0.05, 0.1) is 5.88 Å². The highest BCUT2D eigenvalue weighted by molar-refractivity contribution is 9.10. The van der Waals surface area contributed by atoms with Gasteiger partial charge in [0.25, 0.3) is 0 Å². The Morgan fingerprint density at radius 3 is 2.55 bits per heavy atom. The van der Waals surface area contributed by atoms with Gasteiger partial charge in [-0.05, 0) is 30.9 Å². The fourth-order valence-corrected chi connectivity index (χ4v) is 4.72. The number of sulfonamides is 1. The molecular formula is C13H16BrClFNO2S. The average Bonchev–Trinajstić information content (AvgIpc) is 2.41. The molecule has 0 radical (unpaired) electrons. The second kappa shape index (κ2) is 6.30. The van der Waals surface area contributed by atoms with Crippen molar-refractivity contribution in [3.63, 3.8) is 0 Å². The lowest BCUT2D eigenvalue weighted by atomic mass is 10.0. The third-order valence-corrected chi connectivity index (χ3v) is 6.23. The predicted molar refractivity (Wildman–Crippen MR) is 80.8 cm³/mol. The van der Waals surface area contributed by atoms with Gasteiger partial charge in [-0.2, -0.15) is 4.31 Å². The van der Waals surface area contributed by atoms with E-state index in [9.17, 15) is 12.8 Å². The molecule has 1 aromatic rings. The molecule has 0 spiro atoms. The molecule has 1 aliphatic rings. The molecule has 3 nitrogen and oxygen atoms in total. The highest BCUT2D eigenvalue weighted by atomic mass is 79.9. The zero-order valence-corrected chi connectivity index (χ0v) is 14.2. The number of benzene rings is 1. The summed E-state index contributed by atoms with van der Waals surface area (Å²) in [6, 6.07) is 2.80. The predicted octanol–water partition coefficient (Wildman–Crippen LogP) is 3.75. The zero-order valence-electron chi connectivity index (χ0n) is 11.1. The van der Waals surface area contributed by atoms with Crippen LogP contribution in [0.15, 0.2) is 21.5 Å². The van der Waals surface area contributed by atoms with Gasteiger partial charge < -0.3 is 0 Å². The average molecular weight is 385 g/mol. The molecule has 7 heteroatoms. The molecule has 1 aromatic carbocycles. The van der Waals surface area contributed by atoms with Crippen molar-refractivity contribution in [2.75, 3.05) is 13.1 Å². The van der Waals surface area contributed by atoms with E-state index >= 15 is 0 Å². The number of piperidine rings is 1. The van der Waals surface area contributed by atoms with E-state index in [2.05, 4.69) is 22.9 Å². The Bertz CT molecular complexity index is 601. The maximum Gasteiger partial charge on any atom is 0.246 e. The summed E-state index contributed by atoms with van der Waals surface area (Å²) in [5, 5.41) is 0. The Morgan fingerprint density at radius 1 is 1.40 bits per heavy atom. The van der Waals surface area contributed by atoms with Gasteiger partial charge in [0.1, 0.15) is 10.7 Å². The molecule has 0 atom stereocenters. The van der Waals surface area contributed by atoms with Crippen LogP contribution >= 0.6 is 27.5 Å². The second-order valence-electron chi connectivity index (χ2n) is 5.10. The Kier molecular flexibility index (Phi) is 5.10. The zero-order chi connectivity index (χ0) is 14.9. The quantitative estimate of drug-likeness (QED) is 0.744. The number of nitrogens with zero attached hydrogens (tertiary/aromatic N) is 1. The normalized spacial score (nSPS) is 18.4. The van der Waals surface area contributed by atoms with E-state index in [1.54, 1.807) is 0 Å². The molecule has 20 heavy (non-hydrogen) atoms. The van der Waals surface area contributed by atoms with Crippen molar-refractivity contribution in [3.05, 3.63) is 28.0 Å². The summed E-state index contributed by atoms with van der Waals surface area (Å²) in [6.45, 7) is 2.96. The summed E-state index contributed by atoms with van der Waals surface area (Å²) in [6.07, 6.45) is 1.61. The van der Waals surface area contributed by atoms with Gasteiger partial charge in [-0.25, -0.2) is 12.8 Å². The van der Waals surface area contributed by atoms with Crippen LogP contribution in [0.25, 0.3) is 0 Å². The van der Waals surface area contributed by atoms with Crippen molar-refractivity contribution in [2.45, 2.75) is 30.5 Å². The molecule has 0 unspecified atom stereocenters. The number of halogens is 3. The smallest absolute Gasteiger partial charge is 0.207 e. The van der Waals surface area contributed by atoms with Crippen molar-refractivity contribution in [1.82, 2.24) is 4.31 Å². The van der Waals surface area contributed by atoms with Crippen LogP contribution in [-0.4, -0.2) is 25.8 Å². The number of hydrogen-bond donors (Lipinski definition) is 0. The molecule has 1 saturated heterocycles. The Morgan fingerprint density at radius 2 is 2.00 bits per heavy atom. The summed E-state index contributed by atoms with van der Waals surface area (Å²) in [4.78, 5) is -0.294. The van der Waals surface area contributed by atoms with Gasteiger partial charge in [-0.15, -0.1) is 11.6 Å². The van der Waals surface area contributed by atoms with Crippen LogP contribution in [0.2, 0.25) is 0 Å². The first-order valence-electron chi connectivity index (χ1n) is 6.40. The Labute approximate surface area is 132 Å². The summed E-state index contributed by atoms with van der Waals surface area (Å²) in [5.74, 6) is -0.306. The Balaban J connectivity index is 2.42. The van der Waals surface area contributed by atoms with Gasteiger partial charge in [-0.1, -0.05) is 22.9 Å². The standard InChI is InChI=1S/C13H16BrClFNO2S/c1-9-2-4-17(5-3-9)20(18,19)12-7-11(14)6-10(8-15)13(12)16/h6-7,9H,2-5,8H2,1H3.